The van der Waals surface area contributed by atoms with Gasteiger partial charge in [0.1, 0.15) is 11.6 Å². The van der Waals surface area contributed by atoms with Gasteiger partial charge < -0.3 is 14.6 Å². The van der Waals surface area contributed by atoms with Crippen LogP contribution in [-0.4, -0.2) is 22.6 Å². The molecule has 1 heterocycles. The van der Waals surface area contributed by atoms with Crippen LogP contribution < -0.4 is 10.1 Å². The lowest BCUT2D eigenvalue weighted by Gasteiger charge is -2.14. The Labute approximate surface area is 154 Å². The van der Waals surface area contributed by atoms with Gasteiger partial charge in [-0.15, -0.1) is 0 Å². The zero-order valence-electron chi connectivity index (χ0n) is 15.3. The summed E-state index contributed by atoms with van der Waals surface area (Å²) in [6, 6.07) is 16.1. The number of imidazole rings is 1. The highest BCUT2D eigenvalue weighted by atomic mass is 16.5. The summed E-state index contributed by atoms with van der Waals surface area (Å²) in [4.78, 5) is 15.5. The summed E-state index contributed by atoms with van der Waals surface area (Å²) in [6.45, 7) is 5.50. The van der Waals surface area contributed by atoms with Gasteiger partial charge in [0.2, 0.25) is 6.41 Å². The van der Waals surface area contributed by atoms with Crippen molar-refractivity contribution in [1.29, 1.82) is 0 Å². The van der Waals surface area contributed by atoms with Gasteiger partial charge in [0, 0.05) is 6.54 Å². The molecule has 136 valence electrons. The maximum Gasteiger partial charge on any atom is 0.207 e. The van der Waals surface area contributed by atoms with Crippen LogP contribution in [0.2, 0.25) is 0 Å². The van der Waals surface area contributed by atoms with Crippen LogP contribution in [0.25, 0.3) is 11.0 Å². The van der Waals surface area contributed by atoms with Crippen molar-refractivity contribution in [2.24, 2.45) is 0 Å². The lowest BCUT2D eigenvalue weighted by atomic mass is 10.2. The van der Waals surface area contributed by atoms with Gasteiger partial charge >= 0.3 is 0 Å². The number of aromatic nitrogens is 2. The Morgan fingerprint density at radius 2 is 1.96 bits per heavy atom. The summed E-state index contributed by atoms with van der Waals surface area (Å²) in [7, 11) is 0. The molecule has 0 saturated carbocycles. The molecular formula is C21H25N3O2. The van der Waals surface area contributed by atoms with Gasteiger partial charge in [-0.1, -0.05) is 31.2 Å². The maximum absolute atomic E-state index is 10.8. The average molecular weight is 351 g/mol. The van der Waals surface area contributed by atoms with Crippen molar-refractivity contribution in [1.82, 2.24) is 14.9 Å². The normalized spacial score (nSPS) is 12.1. The van der Waals surface area contributed by atoms with Crippen molar-refractivity contribution >= 4 is 17.4 Å². The number of ether oxygens (including phenoxy) is 1. The van der Waals surface area contributed by atoms with Gasteiger partial charge in [-0.05, 0) is 49.6 Å². The van der Waals surface area contributed by atoms with E-state index in [1.807, 2.05) is 37.3 Å². The van der Waals surface area contributed by atoms with E-state index in [9.17, 15) is 4.79 Å². The van der Waals surface area contributed by atoms with E-state index in [0.717, 1.165) is 48.4 Å². The van der Waals surface area contributed by atoms with Crippen LogP contribution in [0.5, 0.6) is 5.75 Å². The molecule has 1 amide bonds. The molecule has 1 aromatic heterocycles. The molecule has 0 saturated heterocycles. The van der Waals surface area contributed by atoms with Crippen LogP contribution in [0.3, 0.4) is 0 Å². The van der Waals surface area contributed by atoms with Crippen LogP contribution in [0.1, 0.15) is 37.7 Å². The van der Waals surface area contributed by atoms with Crippen LogP contribution in [0, 0.1) is 0 Å². The Kier molecular flexibility index (Phi) is 5.89. The molecule has 0 aliphatic heterocycles. The Hall–Kier alpha value is -2.82. The second kappa shape index (κ2) is 8.52. The SMILES string of the molecule is CCc1ccc(OCCCn2c(C(C)NC=O)nc3ccccc32)cc1. The van der Waals surface area contributed by atoms with E-state index in [-0.39, 0.29) is 6.04 Å². The molecule has 0 aliphatic rings. The van der Waals surface area contributed by atoms with E-state index in [4.69, 9.17) is 4.74 Å². The van der Waals surface area contributed by atoms with Crippen LogP contribution in [0.15, 0.2) is 48.5 Å². The lowest BCUT2D eigenvalue weighted by molar-refractivity contribution is -0.110. The fourth-order valence-corrected chi connectivity index (χ4v) is 3.07. The Morgan fingerprint density at radius 3 is 2.69 bits per heavy atom. The largest absolute Gasteiger partial charge is 0.494 e. The first-order chi connectivity index (χ1) is 12.7. The molecular weight excluding hydrogens is 326 g/mol. The van der Waals surface area contributed by atoms with Crippen molar-refractivity contribution < 1.29 is 9.53 Å². The molecule has 5 heteroatoms. The van der Waals surface area contributed by atoms with Crippen LogP contribution in [-0.2, 0) is 17.8 Å². The number of nitrogens with one attached hydrogen (secondary N) is 1. The quantitative estimate of drug-likeness (QED) is 0.470. The number of benzene rings is 2. The maximum atomic E-state index is 10.8. The number of para-hydroxylation sites is 2. The van der Waals surface area contributed by atoms with E-state index in [1.54, 1.807) is 0 Å². The number of fused-ring (bicyclic) bond motifs is 1. The summed E-state index contributed by atoms with van der Waals surface area (Å²) in [5, 5.41) is 2.80. The zero-order valence-corrected chi connectivity index (χ0v) is 15.3. The van der Waals surface area contributed by atoms with Crippen molar-refractivity contribution in [2.45, 2.75) is 39.3 Å². The number of hydrogen-bond acceptors (Lipinski definition) is 3. The minimum absolute atomic E-state index is 0.137. The van der Waals surface area contributed by atoms with Crippen LogP contribution >= 0.6 is 0 Å². The lowest BCUT2D eigenvalue weighted by Crippen LogP contribution is -2.21. The number of nitrogens with zero attached hydrogens (tertiary/aromatic N) is 2. The van der Waals surface area contributed by atoms with Crippen molar-refractivity contribution in [2.75, 3.05) is 6.61 Å². The van der Waals surface area contributed by atoms with Gasteiger partial charge in [-0.3, -0.25) is 4.79 Å². The first-order valence-electron chi connectivity index (χ1n) is 9.09. The third-order valence-corrected chi connectivity index (χ3v) is 4.52. The van der Waals surface area contributed by atoms with Gasteiger partial charge in [0.05, 0.1) is 23.7 Å². The van der Waals surface area contributed by atoms with Gasteiger partial charge in [0.15, 0.2) is 0 Å². The second-order valence-corrected chi connectivity index (χ2v) is 6.32. The summed E-state index contributed by atoms with van der Waals surface area (Å²) < 4.78 is 8.02. The Morgan fingerprint density at radius 1 is 1.19 bits per heavy atom. The predicted molar refractivity (Wildman–Crippen MR) is 103 cm³/mol. The highest BCUT2D eigenvalue weighted by Gasteiger charge is 2.15. The molecule has 0 fully saturated rings. The number of hydrogen-bond donors (Lipinski definition) is 1. The fraction of sp³-hybridized carbons (Fsp3) is 0.333. The molecule has 0 bridgehead atoms. The number of amides is 1. The molecule has 3 aromatic rings. The first-order valence-corrected chi connectivity index (χ1v) is 9.09. The van der Waals surface area contributed by atoms with Gasteiger partial charge in [-0.25, -0.2) is 4.98 Å². The minimum Gasteiger partial charge on any atom is -0.494 e. The number of carbonyl (C=O) groups is 1. The Bertz CT molecular complexity index is 855. The molecule has 0 spiro atoms. The predicted octanol–water partition coefficient (Wildman–Crippen LogP) is 3.87. The van der Waals surface area contributed by atoms with Gasteiger partial charge in [0.25, 0.3) is 0 Å². The standard InChI is InChI=1S/C21H25N3O2/c1-3-17-9-11-18(12-10-17)26-14-6-13-24-20-8-5-4-7-19(20)23-21(24)16(2)22-15-25/h4-5,7-12,15-16H,3,6,13-14H2,1-2H3,(H,22,25). The number of carbonyl (C=O) groups excluding carboxylic acids is 1. The van der Waals surface area contributed by atoms with Crippen LogP contribution in [0.4, 0.5) is 0 Å². The van der Waals surface area contributed by atoms with Gasteiger partial charge in [-0.2, -0.15) is 0 Å². The molecule has 1 unspecified atom stereocenters. The third-order valence-electron chi connectivity index (χ3n) is 4.52. The topological polar surface area (TPSA) is 56.1 Å². The highest BCUT2D eigenvalue weighted by Crippen LogP contribution is 2.21. The molecule has 1 atom stereocenters. The Balaban J connectivity index is 1.67. The van der Waals surface area contributed by atoms with E-state index >= 15 is 0 Å². The average Bonchev–Trinajstić information content (AvgIpc) is 3.05. The monoisotopic (exact) mass is 351 g/mol. The van der Waals surface area contributed by atoms with E-state index in [1.165, 1.54) is 5.56 Å². The van der Waals surface area contributed by atoms with Crippen molar-refractivity contribution in [3.05, 3.63) is 59.9 Å². The molecule has 26 heavy (non-hydrogen) atoms. The van der Waals surface area contributed by atoms with E-state index in [2.05, 4.69) is 40.0 Å². The summed E-state index contributed by atoms with van der Waals surface area (Å²) in [6.07, 6.45) is 2.61. The summed E-state index contributed by atoms with van der Waals surface area (Å²) >= 11 is 0. The summed E-state index contributed by atoms with van der Waals surface area (Å²) in [5.41, 5.74) is 3.33. The minimum atomic E-state index is -0.137. The fourth-order valence-electron chi connectivity index (χ4n) is 3.07. The van der Waals surface area contributed by atoms with Crippen molar-refractivity contribution in [3.8, 4) is 5.75 Å². The molecule has 2 aromatic carbocycles. The molecule has 0 aliphatic carbocycles. The molecule has 3 rings (SSSR count). The smallest absolute Gasteiger partial charge is 0.207 e. The van der Waals surface area contributed by atoms with E-state index < -0.39 is 0 Å². The third kappa shape index (κ3) is 4.04. The summed E-state index contributed by atoms with van der Waals surface area (Å²) in [5.74, 6) is 1.76. The number of rotatable bonds is 9. The van der Waals surface area contributed by atoms with E-state index in [0.29, 0.717) is 6.61 Å². The first kappa shape index (κ1) is 18.0. The zero-order chi connectivity index (χ0) is 18.4. The molecule has 5 nitrogen and oxygen atoms in total. The van der Waals surface area contributed by atoms with Crippen molar-refractivity contribution in [3.63, 3.8) is 0 Å². The molecule has 1 N–H and O–H groups in total. The highest BCUT2D eigenvalue weighted by molar-refractivity contribution is 5.76. The molecule has 0 radical (unpaired) electrons. The number of aryl methyl sites for hydroxylation is 2. The second-order valence-electron chi connectivity index (χ2n) is 6.32.